The number of nitrogens with zero attached hydrogens (tertiary/aromatic N) is 2. The van der Waals surface area contributed by atoms with E-state index in [-0.39, 0.29) is 6.10 Å². The topological polar surface area (TPSA) is 82.6 Å². The van der Waals surface area contributed by atoms with E-state index >= 15 is 0 Å². The van der Waals surface area contributed by atoms with Gasteiger partial charge in [0.15, 0.2) is 5.76 Å². The van der Waals surface area contributed by atoms with Gasteiger partial charge in [-0.25, -0.2) is 9.97 Å². The Hall–Kier alpha value is -2.64. The number of hydrogen-bond donors (Lipinski definition) is 1. The molecule has 0 aromatic carbocycles. The van der Waals surface area contributed by atoms with Crippen molar-refractivity contribution in [2.75, 3.05) is 31.7 Å². The number of anilines is 1. The fraction of sp³-hybridized carbons (Fsp3) is 0.294. The van der Waals surface area contributed by atoms with Crippen molar-refractivity contribution in [3.8, 4) is 22.8 Å². The van der Waals surface area contributed by atoms with Crippen LogP contribution in [0.15, 0.2) is 51.8 Å². The average Bonchev–Trinajstić information content (AvgIpc) is 3.34. The van der Waals surface area contributed by atoms with Gasteiger partial charge in [0.05, 0.1) is 44.0 Å². The molecule has 0 saturated carbocycles. The SMILES string of the molecule is c1coc(-c2cnc(NC[C@@H]3COCCO3)nc2-c2ccco2)c1. The zero-order valence-corrected chi connectivity index (χ0v) is 13.0. The Morgan fingerprint density at radius 1 is 1.08 bits per heavy atom. The van der Waals surface area contributed by atoms with Gasteiger partial charge in [0.1, 0.15) is 11.5 Å². The number of furan rings is 2. The van der Waals surface area contributed by atoms with E-state index in [2.05, 4.69) is 15.3 Å². The maximum absolute atomic E-state index is 5.61. The maximum atomic E-state index is 5.61. The number of hydrogen-bond acceptors (Lipinski definition) is 7. The van der Waals surface area contributed by atoms with Gasteiger partial charge in [-0.1, -0.05) is 0 Å². The van der Waals surface area contributed by atoms with Crippen molar-refractivity contribution < 1.29 is 18.3 Å². The van der Waals surface area contributed by atoms with Gasteiger partial charge in [-0.05, 0) is 24.3 Å². The third-order valence-corrected chi connectivity index (χ3v) is 3.70. The second-order valence-electron chi connectivity index (χ2n) is 5.36. The third kappa shape index (κ3) is 3.17. The minimum Gasteiger partial charge on any atom is -0.464 e. The predicted molar refractivity (Wildman–Crippen MR) is 86.5 cm³/mol. The van der Waals surface area contributed by atoms with Gasteiger partial charge < -0.3 is 23.6 Å². The monoisotopic (exact) mass is 327 g/mol. The van der Waals surface area contributed by atoms with Gasteiger partial charge in [0.25, 0.3) is 0 Å². The minimum atomic E-state index is -0.000775. The Bertz CT molecular complexity index is 765. The Morgan fingerprint density at radius 3 is 2.62 bits per heavy atom. The molecule has 0 radical (unpaired) electrons. The molecule has 7 heteroatoms. The van der Waals surface area contributed by atoms with Gasteiger partial charge in [-0.15, -0.1) is 0 Å². The highest BCUT2D eigenvalue weighted by molar-refractivity contribution is 5.75. The first-order chi connectivity index (χ1) is 11.9. The summed E-state index contributed by atoms with van der Waals surface area (Å²) < 4.78 is 22.0. The molecule has 1 atom stereocenters. The Labute approximate surface area is 138 Å². The lowest BCUT2D eigenvalue weighted by atomic mass is 10.1. The van der Waals surface area contributed by atoms with Crippen LogP contribution >= 0.6 is 0 Å². The van der Waals surface area contributed by atoms with Gasteiger partial charge >= 0.3 is 0 Å². The van der Waals surface area contributed by atoms with Crippen LogP contribution in [-0.4, -0.2) is 42.4 Å². The first-order valence-electron chi connectivity index (χ1n) is 7.78. The Morgan fingerprint density at radius 2 is 1.92 bits per heavy atom. The molecule has 124 valence electrons. The van der Waals surface area contributed by atoms with Crippen LogP contribution in [0.25, 0.3) is 22.8 Å². The van der Waals surface area contributed by atoms with Crippen molar-refractivity contribution in [2.45, 2.75) is 6.10 Å². The van der Waals surface area contributed by atoms with E-state index in [9.17, 15) is 0 Å². The highest BCUT2D eigenvalue weighted by Crippen LogP contribution is 2.31. The van der Waals surface area contributed by atoms with Crippen LogP contribution in [0.4, 0.5) is 5.95 Å². The largest absolute Gasteiger partial charge is 0.464 e. The average molecular weight is 327 g/mol. The molecule has 0 aliphatic carbocycles. The van der Waals surface area contributed by atoms with Crippen LogP contribution in [0.3, 0.4) is 0 Å². The molecule has 4 rings (SSSR count). The van der Waals surface area contributed by atoms with Crippen LogP contribution in [0.2, 0.25) is 0 Å². The van der Waals surface area contributed by atoms with E-state index in [1.54, 1.807) is 18.7 Å². The number of aromatic nitrogens is 2. The minimum absolute atomic E-state index is 0.000775. The van der Waals surface area contributed by atoms with E-state index in [0.717, 1.165) is 5.56 Å². The fourth-order valence-corrected chi connectivity index (χ4v) is 2.54. The van der Waals surface area contributed by atoms with Crippen LogP contribution < -0.4 is 5.32 Å². The third-order valence-electron chi connectivity index (χ3n) is 3.70. The molecule has 24 heavy (non-hydrogen) atoms. The molecular formula is C17H17N3O4. The van der Waals surface area contributed by atoms with Crippen LogP contribution in [-0.2, 0) is 9.47 Å². The molecule has 0 amide bonds. The Kier molecular flexibility index (Phi) is 4.26. The van der Waals surface area contributed by atoms with Crippen molar-refractivity contribution in [3.05, 3.63) is 43.0 Å². The van der Waals surface area contributed by atoms with Crippen molar-refractivity contribution >= 4 is 5.95 Å². The zero-order valence-electron chi connectivity index (χ0n) is 13.0. The highest BCUT2D eigenvalue weighted by atomic mass is 16.6. The lowest BCUT2D eigenvalue weighted by Crippen LogP contribution is -2.34. The van der Waals surface area contributed by atoms with Gasteiger partial charge in [0.2, 0.25) is 5.95 Å². The normalized spacial score (nSPS) is 17.8. The highest BCUT2D eigenvalue weighted by Gasteiger charge is 2.17. The van der Waals surface area contributed by atoms with Crippen molar-refractivity contribution in [1.29, 1.82) is 0 Å². The number of rotatable bonds is 5. The summed E-state index contributed by atoms with van der Waals surface area (Å²) in [6, 6.07) is 7.37. The Balaban J connectivity index is 1.59. The summed E-state index contributed by atoms with van der Waals surface area (Å²) in [5, 5.41) is 3.19. The summed E-state index contributed by atoms with van der Waals surface area (Å²) in [5.41, 5.74) is 1.45. The summed E-state index contributed by atoms with van der Waals surface area (Å²) in [7, 11) is 0. The fourth-order valence-electron chi connectivity index (χ4n) is 2.54. The number of nitrogens with one attached hydrogen (secondary N) is 1. The van der Waals surface area contributed by atoms with E-state index in [1.807, 2.05) is 24.3 Å². The van der Waals surface area contributed by atoms with E-state index < -0.39 is 0 Å². The summed E-state index contributed by atoms with van der Waals surface area (Å²) in [6.45, 7) is 2.41. The van der Waals surface area contributed by atoms with Gasteiger partial charge in [-0.2, -0.15) is 0 Å². The summed E-state index contributed by atoms with van der Waals surface area (Å²) in [4.78, 5) is 8.95. The summed E-state index contributed by atoms with van der Waals surface area (Å²) >= 11 is 0. The molecule has 0 bridgehead atoms. The first kappa shape index (κ1) is 14.9. The molecule has 0 spiro atoms. The molecule has 1 aliphatic rings. The summed E-state index contributed by atoms with van der Waals surface area (Å²) in [6.07, 6.45) is 4.96. The second kappa shape index (κ2) is 6.86. The zero-order chi connectivity index (χ0) is 16.2. The maximum Gasteiger partial charge on any atom is 0.223 e. The molecule has 1 N–H and O–H groups in total. The quantitative estimate of drug-likeness (QED) is 0.771. The summed E-state index contributed by atoms with van der Waals surface area (Å²) in [5.74, 6) is 1.85. The lowest BCUT2D eigenvalue weighted by molar-refractivity contribution is -0.0819. The van der Waals surface area contributed by atoms with Crippen molar-refractivity contribution in [1.82, 2.24) is 9.97 Å². The molecule has 1 aliphatic heterocycles. The second-order valence-corrected chi connectivity index (χ2v) is 5.36. The smallest absolute Gasteiger partial charge is 0.223 e. The predicted octanol–water partition coefficient (Wildman–Crippen LogP) is 2.82. The van der Waals surface area contributed by atoms with E-state index in [1.165, 1.54) is 0 Å². The molecule has 7 nitrogen and oxygen atoms in total. The molecule has 3 aromatic rings. The number of ether oxygens (including phenoxy) is 2. The molecule has 4 heterocycles. The molecular weight excluding hydrogens is 310 g/mol. The lowest BCUT2D eigenvalue weighted by Gasteiger charge is -2.23. The van der Waals surface area contributed by atoms with E-state index in [4.69, 9.17) is 18.3 Å². The van der Waals surface area contributed by atoms with Crippen LogP contribution in [0, 0.1) is 0 Å². The van der Waals surface area contributed by atoms with Gasteiger partial charge in [0, 0.05) is 12.7 Å². The van der Waals surface area contributed by atoms with Crippen LogP contribution in [0.5, 0.6) is 0 Å². The molecule has 1 saturated heterocycles. The van der Waals surface area contributed by atoms with Crippen LogP contribution in [0.1, 0.15) is 0 Å². The molecule has 3 aromatic heterocycles. The standard InChI is InChI=1S/C17H17N3O4/c1-3-14(23-5-1)13-10-19-17(18-9-12-11-21-7-8-22-12)20-16(13)15-4-2-6-24-15/h1-6,10,12H,7-9,11H2,(H,18,19,20)/t12-/m1/s1. The first-order valence-corrected chi connectivity index (χ1v) is 7.78. The molecule has 1 fully saturated rings. The van der Waals surface area contributed by atoms with Crippen molar-refractivity contribution in [2.24, 2.45) is 0 Å². The van der Waals surface area contributed by atoms with Gasteiger partial charge in [-0.3, -0.25) is 0 Å². The van der Waals surface area contributed by atoms with E-state index in [0.29, 0.717) is 49.5 Å². The molecule has 0 unspecified atom stereocenters. The van der Waals surface area contributed by atoms with Crippen molar-refractivity contribution in [3.63, 3.8) is 0 Å².